The normalized spacial score (nSPS) is 19.3. The first kappa shape index (κ1) is 27.7. The second-order valence-corrected chi connectivity index (χ2v) is 9.86. The third-order valence-corrected chi connectivity index (χ3v) is 6.90. The Morgan fingerprint density at radius 1 is 0.575 bits per heavy atom. The molecule has 1 aliphatic heterocycles. The molecule has 0 aliphatic carbocycles. The lowest BCUT2D eigenvalue weighted by Crippen LogP contribution is -2.48. The number of hydroxylamine groups is 1. The summed E-state index contributed by atoms with van der Waals surface area (Å²) in [6.07, 6.45) is -0.0751. The molecule has 1 aliphatic rings. The van der Waals surface area contributed by atoms with Crippen LogP contribution in [0.25, 0.3) is 0 Å². The van der Waals surface area contributed by atoms with Gasteiger partial charge in [0.25, 0.3) is 0 Å². The molecule has 6 heteroatoms. The number of benzene rings is 4. The van der Waals surface area contributed by atoms with Gasteiger partial charge in [-0.2, -0.15) is 0 Å². The van der Waals surface area contributed by atoms with E-state index in [1.54, 1.807) is 6.21 Å². The molecule has 0 saturated carbocycles. The topological polar surface area (TPSA) is 63.0 Å². The highest BCUT2D eigenvalue weighted by atomic mass is 16.6. The average molecular weight is 538 g/mol. The minimum Gasteiger partial charge on any atom is -0.624 e. The molecule has 4 aromatic carbocycles. The molecule has 0 radical (unpaired) electrons. The molecule has 6 nitrogen and oxygen atoms in total. The zero-order valence-corrected chi connectivity index (χ0v) is 22.5. The molecule has 0 N–H and O–H groups in total. The quantitative estimate of drug-likeness (QED) is 0.148. The highest BCUT2D eigenvalue weighted by molar-refractivity contribution is 5.61. The molecule has 0 saturated heterocycles. The first-order valence-electron chi connectivity index (χ1n) is 13.6. The van der Waals surface area contributed by atoms with Crippen LogP contribution in [0.2, 0.25) is 0 Å². The fraction of sp³-hybridized carbons (Fsp3) is 0.265. The Bertz CT molecular complexity index is 1300. The highest BCUT2D eigenvalue weighted by Crippen LogP contribution is 2.25. The van der Waals surface area contributed by atoms with Crippen LogP contribution in [0, 0.1) is 5.21 Å². The van der Waals surface area contributed by atoms with E-state index >= 15 is 0 Å². The molecule has 0 aromatic heterocycles. The first-order valence-corrected chi connectivity index (χ1v) is 13.6. The molecule has 1 heterocycles. The predicted molar refractivity (Wildman–Crippen MR) is 155 cm³/mol. The van der Waals surface area contributed by atoms with Gasteiger partial charge < -0.3 is 24.2 Å². The van der Waals surface area contributed by atoms with Gasteiger partial charge in [0.2, 0.25) is 6.04 Å². The van der Waals surface area contributed by atoms with Crippen molar-refractivity contribution in [2.24, 2.45) is 0 Å². The van der Waals surface area contributed by atoms with Crippen molar-refractivity contribution < 1.29 is 23.7 Å². The molecule has 5 rings (SSSR count). The summed E-state index contributed by atoms with van der Waals surface area (Å²) in [6.45, 7) is 1.73. The van der Waals surface area contributed by atoms with E-state index in [2.05, 4.69) is 0 Å². The maximum atomic E-state index is 13.5. The zero-order valence-electron chi connectivity index (χ0n) is 22.5. The molecule has 0 unspecified atom stereocenters. The molecular weight excluding hydrogens is 502 g/mol. The van der Waals surface area contributed by atoms with Gasteiger partial charge in [0.05, 0.1) is 33.0 Å². The summed E-state index contributed by atoms with van der Waals surface area (Å²) >= 11 is 0. The van der Waals surface area contributed by atoms with E-state index in [4.69, 9.17) is 18.9 Å². The summed E-state index contributed by atoms with van der Waals surface area (Å²) in [5, 5.41) is 13.5. The molecule has 0 bridgehead atoms. The lowest BCUT2D eigenvalue weighted by Gasteiger charge is -2.29. The van der Waals surface area contributed by atoms with Crippen LogP contribution in [0.15, 0.2) is 121 Å². The Balaban J connectivity index is 1.34. The van der Waals surface area contributed by atoms with Crippen LogP contribution >= 0.6 is 0 Å². The van der Waals surface area contributed by atoms with E-state index in [9.17, 15) is 5.21 Å². The van der Waals surface area contributed by atoms with E-state index in [1.165, 1.54) is 0 Å². The fourth-order valence-corrected chi connectivity index (χ4v) is 4.80. The molecule has 40 heavy (non-hydrogen) atoms. The number of hydrogen-bond donors (Lipinski definition) is 0. The van der Waals surface area contributed by atoms with Gasteiger partial charge in [-0.1, -0.05) is 121 Å². The van der Waals surface area contributed by atoms with E-state index in [-0.39, 0.29) is 6.61 Å². The van der Waals surface area contributed by atoms with Crippen LogP contribution in [0.4, 0.5) is 0 Å². The maximum absolute atomic E-state index is 13.5. The fourth-order valence-electron chi connectivity index (χ4n) is 4.80. The SMILES string of the molecule is [O-][N+]1=C[C@H](OCc2ccccc2)[C@@H](OCc2ccccc2)[C@@H]1[C@@H](COCc1ccccc1)OCc1ccccc1. The van der Waals surface area contributed by atoms with Gasteiger partial charge in [-0.15, -0.1) is 0 Å². The van der Waals surface area contributed by atoms with Gasteiger partial charge >= 0.3 is 0 Å². The Kier molecular flexibility index (Phi) is 10.1. The average Bonchev–Trinajstić information content (AvgIpc) is 3.33. The standard InChI is InChI=1S/C34H35NO5/c36-35-21-31(38-23-28-15-7-2-8-16-28)34(40-25-30-19-11-4-12-20-30)33(35)32(39-24-29-17-9-3-10-18-29)26-37-22-27-13-5-1-6-14-27/h1-21,31-34H,22-26H2/t31-,32+,33-,34+/m0/s1. The van der Waals surface area contributed by atoms with Gasteiger partial charge in [-0.05, 0) is 22.3 Å². The second kappa shape index (κ2) is 14.5. The Morgan fingerprint density at radius 3 is 1.55 bits per heavy atom. The van der Waals surface area contributed by atoms with Crippen LogP contribution in [-0.4, -0.2) is 41.9 Å². The van der Waals surface area contributed by atoms with Crippen molar-refractivity contribution in [3.05, 3.63) is 149 Å². The van der Waals surface area contributed by atoms with Crippen LogP contribution in [0.3, 0.4) is 0 Å². The summed E-state index contributed by atoms with van der Waals surface area (Å²) in [6, 6.07) is 39.1. The van der Waals surface area contributed by atoms with Gasteiger partial charge in [-0.25, -0.2) is 4.74 Å². The van der Waals surface area contributed by atoms with Gasteiger partial charge in [-0.3, -0.25) is 0 Å². The number of ether oxygens (including phenoxy) is 4. The predicted octanol–water partition coefficient (Wildman–Crippen LogP) is 5.92. The highest BCUT2D eigenvalue weighted by Gasteiger charge is 2.48. The first-order chi connectivity index (χ1) is 19.8. The number of hydrogen-bond acceptors (Lipinski definition) is 5. The van der Waals surface area contributed by atoms with Crippen molar-refractivity contribution >= 4 is 6.21 Å². The van der Waals surface area contributed by atoms with Gasteiger partial charge in [0, 0.05) is 0 Å². The maximum Gasteiger partial charge on any atom is 0.220 e. The zero-order chi connectivity index (χ0) is 27.4. The summed E-state index contributed by atoms with van der Waals surface area (Å²) in [7, 11) is 0. The number of rotatable bonds is 14. The van der Waals surface area contributed by atoms with Gasteiger partial charge in [0.15, 0.2) is 18.4 Å². The Hall–Kier alpha value is -3.81. The minimum absolute atomic E-state index is 0.232. The molecule has 0 amide bonds. The summed E-state index contributed by atoms with van der Waals surface area (Å²) < 4.78 is 26.1. The monoisotopic (exact) mass is 537 g/mol. The molecular formula is C34H35NO5. The van der Waals surface area contributed by atoms with E-state index in [1.807, 2.05) is 121 Å². The van der Waals surface area contributed by atoms with Crippen LogP contribution < -0.4 is 0 Å². The number of nitrogens with zero attached hydrogens (tertiary/aromatic N) is 1. The van der Waals surface area contributed by atoms with E-state index < -0.39 is 24.4 Å². The summed E-state index contributed by atoms with van der Waals surface area (Å²) in [5.74, 6) is 0. The summed E-state index contributed by atoms with van der Waals surface area (Å²) in [4.78, 5) is 0. The van der Waals surface area contributed by atoms with Crippen molar-refractivity contribution in [1.82, 2.24) is 0 Å². The minimum atomic E-state index is -0.649. The Labute approximate surface area is 236 Å². The van der Waals surface area contributed by atoms with Crippen molar-refractivity contribution in [3.63, 3.8) is 0 Å². The largest absolute Gasteiger partial charge is 0.624 e. The van der Waals surface area contributed by atoms with E-state index in [0.717, 1.165) is 27.0 Å². The van der Waals surface area contributed by atoms with Crippen LogP contribution in [-0.2, 0) is 45.4 Å². The third-order valence-electron chi connectivity index (χ3n) is 6.90. The summed E-state index contributed by atoms with van der Waals surface area (Å²) in [5.41, 5.74) is 4.13. The lowest BCUT2D eigenvalue weighted by atomic mass is 10.0. The second-order valence-electron chi connectivity index (χ2n) is 9.86. The lowest BCUT2D eigenvalue weighted by molar-refractivity contribution is -0.515. The van der Waals surface area contributed by atoms with Crippen molar-refractivity contribution in [2.45, 2.75) is 50.8 Å². The molecule has 0 spiro atoms. The molecule has 0 fully saturated rings. The van der Waals surface area contributed by atoms with Crippen LogP contribution in [0.1, 0.15) is 22.3 Å². The molecule has 206 valence electrons. The van der Waals surface area contributed by atoms with Gasteiger partial charge in [0.1, 0.15) is 6.10 Å². The third kappa shape index (κ3) is 7.87. The molecule has 4 aromatic rings. The van der Waals surface area contributed by atoms with Crippen molar-refractivity contribution in [3.8, 4) is 0 Å². The van der Waals surface area contributed by atoms with E-state index in [0.29, 0.717) is 26.4 Å². The van der Waals surface area contributed by atoms with Crippen LogP contribution in [0.5, 0.6) is 0 Å². The smallest absolute Gasteiger partial charge is 0.220 e. The van der Waals surface area contributed by atoms with Crippen molar-refractivity contribution in [1.29, 1.82) is 0 Å². The Morgan fingerprint density at radius 2 is 1.02 bits per heavy atom. The van der Waals surface area contributed by atoms with Crippen molar-refractivity contribution in [2.75, 3.05) is 6.61 Å². The molecule has 4 atom stereocenters.